The Hall–Kier alpha value is -3.79. The number of aryl methyl sites for hydroxylation is 2. The van der Waals surface area contributed by atoms with Crippen molar-refractivity contribution >= 4 is 22.4 Å². The quantitative estimate of drug-likeness (QED) is 0.355. The molecule has 1 saturated carbocycles. The number of aromatic nitrogens is 6. The highest BCUT2D eigenvalue weighted by molar-refractivity contribution is 7.09. The van der Waals surface area contributed by atoms with Crippen LogP contribution in [0.15, 0.2) is 51.7 Å². The highest BCUT2D eigenvalue weighted by atomic mass is 32.1. The Morgan fingerprint density at radius 2 is 2.12 bits per heavy atom. The van der Waals surface area contributed by atoms with Gasteiger partial charge in [0, 0.05) is 34.8 Å². The molecule has 1 fully saturated rings. The van der Waals surface area contributed by atoms with Crippen molar-refractivity contribution in [3.05, 3.63) is 80.5 Å². The number of fused-ring (bicyclic) bond motifs is 1. The van der Waals surface area contributed by atoms with Gasteiger partial charge < -0.3 is 9.51 Å². The normalized spacial score (nSPS) is 15.6. The van der Waals surface area contributed by atoms with Crippen LogP contribution in [-0.2, 0) is 5.54 Å². The Bertz CT molecular complexity index is 1450. The van der Waals surface area contributed by atoms with Crippen molar-refractivity contribution in [2.24, 2.45) is 5.18 Å². The number of nitrogens with zero attached hydrogens (tertiary/aromatic N) is 6. The van der Waals surface area contributed by atoms with Gasteiger partial charge in [0.2, 0.25) is 5.54 Å². The number of thiazole rings is 1. The van der Waals surface area contributed by atoms with Crippen LogP contribution < -0.4 is 0 Å². The molecular formula is C23H19N7O2S. The molecule has 1 aromatic carbocycles. The van der Waals surface area contributed by atoms with Crippen LogP contribution in [0.5, 0.6) is 0 Å². The lowest BCUT2D eigenvalue weighted by Gasteiger charge is -2.24. The number of nitrogens with one attached hydrogen (secondary N) is 1. The van der Waals surface area contributed by atoms with E-state index < -0.39 is 5.54 Å². The van der Waals surface area contributed by atoms with Gasteiger partial charge >= 0.3 is 0 Å². The average Bonchev–Trinajstić information content (AvgIpc) is 3.20. The fourth-order valence-electron chi connectivity index (χ4n) is 4.40. The van der Waals surface area contributed by atoms with Crippen molar-refractivity contribution in [3.8, 4) is 11.1 Å². The van der Waals surface area contributed by atoms with E-state index in [4.69, 9.17) is 9.51 Å². The first-order valence-electron chi connectivity index (χ1n) is 10.6. The molecule has 10 heteroatoms. The zero-order valence-corrected chi connectivity index (χ0v) is 18.8. The van der Waals surface area contributed by atoms with Gasteiger partial charge in [-0.15, -0.1) is 16.2 Å². The number of H-pyrrole nitrogens is 1. The number of rotatable bonds is 6. The van der Waals surface area contributed by atoms with Gasteiger partial charge in [0.05, 0.1) is 16.7 Å². The van der Waals surface area contributed by atoms with E-state index in [-0.39, 0.29) is 0 Å². The minimum absolute atomic E-state index is 0.392. The van der Waals surface area contributed by atoms with Gasteiger partial charge in [-0.1, -0.05) is 5.16 Å². The smallest absolute Gasteiger partial charge is 0.224 e. The second-order valence-corrected chi connectivity index (χ2v) is 9.16. The third-order valence-corrected chi connectivity index (χ3v) is 6.98. The lowest BCUT2D eigenvalue weighted by atomic mass is 9.84. The minimum Gasteiger partial charge on any atom is -0.361 e. The van der Waals surface area contributed by atoms with Crippen molar-refractivity contribution in [2.45, 2.75) is 38.1 Å². The third-order valence-electron chi connectivity index (χ3n) is 6.10. The molecule has 5 aromatic rings. The van der Waals surface area contributed by atoms with Gasteiger partial charge in [-0.05, 0) is 61.7 Å². The lowest BCUT2D eigenvalue weighted by Crippen LogP contribution is -2.28. The molecule has 0 radical (unpaired) electrons. The maximum Gasteiger partial charge on any atom is 0.224 e. The van der Waals surface area contributed by atoms with Gasteiger partial charge in [0.1, 0.15) is 22.3 Å². The van der Waals surface area contributed by atoms with Crippen LogP contribution in [0.4, 0.5) is 0 Å². The van der Waals surface area contributed by atoms with E-state index in [1.54, 1.807) is 24.5 Å². The van der Waals surface area contributed by atoms with Crippen molar-refractivity contribution in [2.75, 3.05) is 0 Å². The summed E-state index contributed by atoms with van der Waals surface area (Å²) in [6.45, 7) is 3.77. The summed E-state index contributed by atoms with van der Waals surface area (Å²) in [6, 6.07) is 7.45. The van der Waals surface area contributed by atoms with Crippen LogP contribution in [0, 0.1) is 18.8 Å². The molecule has 1 N–H and O–H groups in total. The van der Waals surface area contributed by atoms with Gasteiger partial charge in [-0.3, -0.25) is 0 Å². The molecule has 1 atom stereocenters. The first-order valence-corrected chi connectivity index (χ1v) is 11.5. The monoisotopic (exact) mass is 457 g/mol. The van der Waals surface area contributed by atoms with Crippen molar-refractivity contribution in [1.29, 1.82) is 0 Å². The summed E-state index contributed by atoms with van der Waals surface area (Å²) in [5.74, 6) is 2.01. The van der Waals surface area contributed by atoms with Crippen LogP contribution in [0.2, 0.25) is 0 Å². The Balaban J connectivity index is 1.73. The first-order chi connectivity index (χ1) is 16.1. The molecule has 6 rings (SSSR count). The van der Waals surface area contributed by atoms with E-state index in [1.165, 1.54) is 11.3 Å². The molecule has 0 amide bonds. The third kappa shape index (κ3) is 3.01. The molecule has 0 spiro atoms. The van der Waals surface area contributed by atoms with Crippen molar-refractivity contribution < 1.29 is 4.52 Å². The number of nitroso groups, excluding NO2 is 1. The van der Waals surface area contributed by atoms with Crippen LogP contribution in [0.1, 0.15) is 52.3 Å². The largest absolute Gasteiger partial charge is 0.361 e. The Morgan fingerprint density at radius 1 is 1.24 bits per heavy atom. The molecule has 1 unspecified atom stereocenters. The van der Waals surface area contributed by atoms with E-state index in [0.717, 1.165) is 41.0 Å². The molecule has 4 heterocycles. The van der Waals surface area contributed by atoms with Gasteiger partial charge in [-0.25, -0.2) is 9.97 Å². The fourth-order valence-corrected chi connectivity index (χ4v) is 5.19. The summed E-state index contributed by atoms with van der Waals surface area (Å²) in [7, 11) is 0. The molecule has 0 saturated heterocycles. The molecule has 1 aliphatic carbocycles. The number of benzene rings is 1. The summed E-state index contributed by atoms with van der Waals surface area (Å²) in [5.41, 5.74) is 3.47. The molecule has 4 aromatic heterocycles. The fraction of sp³-hybridized carbons (Fsp3) is 0.261. The van der Waals surface area contributed by atoms with E-state index >= 15 is 0 Å². The average molecular weight is 458 g/mol. The summed E-state index contributed by atoms with van der Waals surface area (Å²) in [5, 5.41) is 18.5. The summed E-state index contributed by atoms with van der Waals surface area (Å²) in [4.78, 5) is 25.7. The maximum absolute atomic E-state index is 12.8. The van der Waals surface area contributed by atoms with Crippen molar-refractivity contribution in [1.82, 2.24) is 30.3 Å². The SMILES string of the molecule is Cc1noc(C)c1-c1cc(C(N=O)(c2cccnn2)c2nccs2)c2nc(C3CC3)[nH]c2c1. The predicted octanol–water partition coefficient (Wildman–Crippen LogP) is 5.02. The molecular weight excluding hydrogens is 438 g/mol. The highest BCUT2D eigenvalue weighted by Gasteiger charge is 2.45. The van der Waals surface area contributed by atoms with Crippen LogP contribution in [-0.4, -0.2) is 30.3 Å². The number of hydrogen-bond acceptors (Lipinski definition) is 9. The summed E-state index contributed by atoms with van der Waals surface area (Å²) in [6.07, 6.45) is 5.42. The minimum atomic E-state index is -1.51. The zero-order valence-electron chi connectivity index (χ0n) is 17.9. The predicted molar refractivity (Wildman–Crippen MR) is 123 cm³/mol. The van der Waals surface area contributed by atoms with E-state index in [2.05, 4.69) is 30.5 Å². The van der Waals surface area contributed by atoms with Gasteiger partial charge in [-0.2, -0.15) is 10.2 Å². The van der Waals surface area contributed by atoms with Crippen LogP contribution >= 0.6 is 11.3 Å². The standard InChI is InChI=1S/C23H19N7O2S/c1-12-19(13(2)32-29-12)15-10-16(20-17(11-15)26-21(27-20)14-5-6-14)23(30-31,22-24-8-9-33-22)18-4-3-7-25-28-18/h3-4,7-11,14H,5-6H2,1-2H3,(H,26,27). The van der Waals surface area contributed by atoms with E-state index in [9.17, 15) is 4.91 Å². The molecule has 164 valence electrons. The topological polar surface area (TPSA) is 123 Å². The Kier molecular flexibility index (Phi) is 4.44. The van der Waals surface area contributed by atoms with E-state index in [0.29, 0.717) is 33.5 Å². The van der Waals surface area contributed by atoms with Crippen LogP contribution in [0.3, 0.4) is 0 Å². The second kappa shape index (κ2) is 7.38. The summed E-state index contributed by atoms with van der Waals surface area (Å²) >= 11 is 1.35. The Morgan fingerprint density at radius 3 is 2.76 bits per heavy atom. The molecule has 0 bridgehead atoms. The maximum atomic E-state index is 12.8. The van der Waals surface area contributed by atoms with Crippen LogP contribution in [0.25, 0.3) is 22.2 Å². The second-order valence-electron chi connectivity index (χ2n) is 8.26. The number of imidazole rings is 1. The van der Waals surface area contributed by atoms with Crippen molar-refractivity contribution in [3.63, 3.8) is 0 Å². The molecule has 0 aliphatic heterocycles. The molecule has 1 aliphatic rings. The first kappa shape index (κ1) is 19.9. The molecule has 9 nitrogen and oxygen atoms in total. The number of hydrogen-bond donors (Lipinski definition) is 1. The number of aromatic amines is 1. The zero-order chi connectivity index (χ0) is 22.6. The molecule has 33 heavy (non-hydrogen) atoms. The van der Waals surface area contributed by atoms with Gasteiger partial charge in [0.15, 0.2) is 0 Å². The van der Waals surface area contributed by atoms with E-state index in [1.807, 2.05) is 31.4 Å². The summed E-state index contributed by atoms with van der Waals surface area (Å²) < 4.78 is 5.43. The highest BCUT2D eigenvalue weighted by Crippen LogP contribution is 2.46. The Labute approximate surface area is 192 Å². The van der Waals surface area contributed by atoms with Gasteiger partial charge in [0.25, 0.3) is 0 Å². The lowest BCUT2D eigenvalue weighted by molar-refractivity contribution is 0.393.